The van der Waals surface area contributed by atoms with Crippen molar-refractivity contribution in [3.8, 4) is 0 Å². The van der Waals surface area contributed by atoms with Gasteiger partial charge in [-0.2, -0.15) is 0 Å². The third kappa shape index (κ3) is 13.4. The number of rotatable bonds is 18. The number of likely N-dealkylation sites (tertiary alicyclic amines) is 1. The van der Waals surface area contributed by atoms with Crippen molar-refractivity contribution in [2.24, 2.45) is 23.0 Å². The number of nitro groups is 1. The number of aromatic carboxylic acids is 1. The van der Waals surface area contributed by atoms with Crippen LogP contribution < -0.4 is 27.0 Å². The number of carboxylic acids is 1. The van der Waals surface area contributed by atoms with E-state index in [4.69, 9.17) is 5.73 Å². The van der Waals surface area contributed by atoms with Crippen molar-refractivity contribution in [2.75, 3.05) is 13.7 Å². The minimum atomic E-state index is -1.55. The summed E-state index contributed by atoms with van der Waals surface area (Å²) in [6.45, 7) is 9.02. The third-order valence-electron chi connectivity index (χ3n) is 12.1. The van der Waals surface area contributed by atoms with Gasteiger partial charge in [-0.1, -0.05) is 77.5 Å². The van der Waals surface area contributed by atoms with E-state index in [9.17, 15) is 53.6 Å². The highest BCUT2D eigenvalue weighted by molar-refractivity contribution is 6.07. The lowest BCUT2D eigenvalue weighted by molar-refractivity contribution is -0.384. The number of ether oxygens (including phenoxy) is 1. The van der Waals surface area contributed by atoms with E-state index in [1.165, 1.54) is 18.1 Å². The predicted molar refractivity (Wildman–Crippen MR) is 229 cm³/mol. The van der Waals surface area contributed by atoms with Gasteiger partial charge in [-0.25, -0.2) is 9.59 Å². The number of benzene rings is 1. The molecule has 0 bridgehead atoms. The molecule has 0 unspecified atom stereocenters. The molecule has 63 heavy (non-hydrogen) atoms. The number of hydrogen-bond donors (Lipinski definition) is 6. The molecule has 19 nitrogen and oxygen atoms in total. The number of nitrogens with one attached hydrogen (secondary N) is 4. The first kappa shape index (κ1) is 49.5. The maximum Gasteiger partial charge on any atom is 0.336 e. The highest BCUT2D eigenvalue weighted by Crippen LogP contribution is 2.31. The van der Waals surface area contributed by atoms with Crippen molar-refractivity contribution in [1.29, 1.82) is 0 Å². The molecule has 5 atom stereocenters. The standard InChI is InChI=1S/C44H61N7O12/c1-25-22-32(40(56)48-35(27-16-10-7-11-17-27)41(57)47-34(37(45)53)26-14-8-6-9-15-26)50(24-25)42(58)36(44(2,3)4)49-39(55)31(18-12-13-19-33(52)63-5)46-38(54)30-23-28(51(61)62)20-21-29(30)43(59)60/h13,19-21,23,26-27,31-32,34-36H,1,6-12,14-18,22,24H2,2-5H3,(H2,45,53)(H,46,54)(H,47,57)(H,48,56)(H,49,55)(H,59,60)/b19-13+/t31-,32-,34-,35-,36+/m0/s1. The molecule has 3 aliphatic rings. The Morgan fingerprint density at radius 3 is 2.05 bits per heavy atom. The lowest BCUT2D eigenvalue weighted by Crippen LogP contribution is -2.62. The van der Waals surface area contributed by atoms with Gasteiger partial charge in [-0.05, 0) is 68.3 Å². The van der Waals surface area contributed by atoms with Gasteiger partial charge in [0, 0.05) is 24.8 Å². The molecule has 0 aromatic heterocycles. The molecule has 6 amide bonds. The quantitative estimate of drug-likeness (QED) is 0.0408. The molecule has 7 N–H and O–H groups in total. The van der Waals surface area contributed by atoms with Crippen LogP contribution in [-0.4, -0.2) is 106 Å². The molecule has 1 heterocycles. The number of non-ortho nitro benzene ring substituents is 1. The number of hydrogen-bond acceptors (Lipinski definition) is 11. The number of nitrogens with two attached hydrogens (primary N) is 1. The summed E-state index contributed by atoms with van der Waals surface area (Å²) in [5, 5.41) is 32.2. The molecule has 1 aliphatic heterocycles. The fourth-order valence-corrected chi connectivity index (χ4v) is 8.60. The Bertz CT molecular complexity index is 1970. The van der Waals surface area contributed by atoms with Crippen LogP contribution in [0, 0.1) is 27.4 Å². The highest BCUT2D eigenvalue weighted by atomic mass is 16.6. The highest BCUT2D eigenvalue weighted by Gasteiger charge is 2.45. The number of amides is 6. The molecular formula is C44H61N7O12. The van der Waals surface area contributed by atoms with Crippen LogP contribution in [0.25, 0.3) is 0 Å². The summed E-state index contributed by atoms with van der Waals surface area (Å²) in [7, 11) is 1.17. The Balaban J connectivity index is 1.60. The topological polar surface area (TPSA) is 287 Å². The molecule has 3 fully saturated rings. The van der Waals surface area contributed by atoms with Crippen molar-refractivity contribution < 1.29 is 53.1 Å². The van der Waals surface area contributed by atoms with E-state index in [0.717, 1.165) is 75.6 Å². The number of nitrogens with zero attached hydrogens (tertiary/aromatic N) is 2. The van der Waals surface area contributed by atoms with E-state index in [1.807, 2.05) is 0 Å². The van der Waals surface area contributed by atoms with Crippen LogP contribution in [-0.2, 0) is 33.5 Å². The van der Waals surface area contributed by atoms with Crippen LogP contribution in [0.2, 0.25) is 0 Å². The van der Waals surface area contributed by atoms with Crippen LogP contribution in [0.4, 0.5) is 5.69 Å². The molecular weight excluding hydrogens is 819 g/mol. The zero-order valence-corrected chi connectivity index (χ0v) is 36.4. The number of allylic oxidation sites excluding steroid dienone is 1. The predicted octanol–water partition coefficient (Wildman–Crippen LogP) is 3.20. The minimum absolute atomic E-state index is 0.00704. The van der Waals surface area contributed by atoms with E-state index in [1.54, 1.807) is 20.8 Å². The Kier molecular flexibility index (Phi) is 17.5. The summed E-state index contributed by atoms with van der Waals surface area (Å²) in [5.74, 6) is -7.06. The smallest absolute Gasteiger partial charge is 0.336 e. The summed E-state index contributed by atoms with van der Waals surface area (Å²) in [5.41, 5.74) is 3.60. The summed E-state index contributed by atoms with van der Waals surface area (Å²) in [6.07, 6.45) is 10.7. The lowest BCUT2D eigenvalue weighted by Gasteiger charge is -2.37. The molecule has 344 valence electrons. The van der Waals surface area contributed by atoms with Crippen molar-refractivity contribution in [3.05, 3.63) is 63.7 Å². The number of carbonyl (C=O) groups excluding carboxylic acids is 7. The molecule has 19 heteroatoms. The zero-order valence-electron chi connectivity index (χ0n) is 36.4. The SMILES string of the molecule is C=C1C[C@@H](C(=O)N[C@H](C(=O)N[C@H](C(N)=O)C2CCCCC2)C2CCCCC2)N(C(=O)[C@@H](NC(=O)[C@H](CC/C=C/C(=O)OC)NC(=O)c2cc([N+](=O)[O-])ccc2C(=O)O)C(C)(C)C)C1. The van der Waals surface area contributed by atoms with E-state index in [0.29, 0.717) is 18.4 Å². The number of carbonyl (C=O) groups is 8. The van der Waals surface area contributed by atoms with E-state index in [-0.39, 0.29) is 37.6 Å². The van der Waals surface area contributed by atoms with E-state index in [2.05, 4.69) is 32.6 Å². The summed E-state index contributed by atoms with van der Waals surface area (Å²) < 4.78 is 4.60. The average Bonchev–Trinajstić information content (AvgIpc) is 3.65. The maximum atomic E-state index is 14.6. The van der Waals surface area contributed by atoms with E-state index >= 15 is 0 Å². The number of esters is 1. The van der Waals surface area contributed by atoms with E-state index < -0.39 is 105 Å². The molecule has 0 radical (unpaired) electrons. The maximum absolute atomic E-state index is 14.6. The van der Waals surface area contributed by atoms with Crippen LogP contribution in [0.3, 0.4) is 0 Å². The lowest BCUT2D eigenvalue weighted by atomic mass is 9.81. The first-order valence-electron chi connectivity index (χ1n) is 21.5. The van der Waals surface area contributed by atoms with Crippen molar-refractivity contribution in [1.82, 2.24) is 26.2 Å². The van der Waals surface area contributed by atoms with Gasteiger partial charge in [0.15, 0.2) is 0 Å². The van der Waals surface area contributed by atoms with Crippen LogP contribution in [0.15, 0.2) is 42.5 Å². The minimum Gasteiger partial charge on any atom is -0.478 e. The number of primary amides is 1. The number of nitro benzene ring substituents is 1. The summed E-state index contributed by atoms with van der Waals surface area (Å²) in [4.78, 5) is 119. The molecule has 1 aromatic rings. The van der Waals surface area contributed by atoms with Crippen molar-refractivity contribution in [3.63, 3.8) is 0 Å². The van der Waals surface area contributed by atoms with Crippen LogP contribution in [0.1, 0.15) is 125 Å². The summed E-state index contributed by atoms with van der Waals surface area (Å²) >= 11 is 0. The van der Waals surface area contributed by atoms with Gasteiger partial charge in [0.25, 0.3) is 11.6 Å². The Morgan fingerprint density at radius 2 is 1.51 bits per heavy atom. The second-order valence-corrected chi connectivity index (χ2v) is 17.7. The van der Waals surface area contributed by atoms with Crippen molar-refractivity contribution in [2.45, 2.75) is 134 Å². The molecule has 2 aliphatic carbocycles. The number of methoxy groups -OCH3 is 1. The van der Waals surface area contributed by atoms with Gasteiger partial charge in [0.1, 0.15) is 30.2 Å². The fourth-order valence-electron chi connectivity index (χ4n) is 8.60. The largest absolute Gasteiger partial charge is 0.478 e. The first-order chi connectivity index (χ1) is 29.7. The molecule has 1 aromatic carbocycles. The second kappa shape index (κ2) is 22.3. The van der Waals surface area contributed by atoms with Gasteiger partial charge in [-0.15, -0.1) is 0 Å². The molecule has 0 spiro atoms. The van der Waals surface area contributed by atoms with Gasteiger partial charge >= 0.3 is 11.9 Å². The van der Waals surface area contributed by atoms with Gasteiger partial charge in [-0.3, -0.25) is 38.9 Å². The van der Waals surface area contributed by atoms with Crippen LogP contribution in [0.5, 0.6) is 0 Å². The Labute approximate surface area is 366 Å². The van der Waals surface area contributed by atoms with Gasteiger partial charge in [0.2, 0.25) is 29.5 Å². The molecule has 2 saturated carbocycles. The monoisotopic (exact) mass is 879 g/mol. The zero-order chi connectivity index (χ0) is 46.6. The van der Waals surface area contributed by atoms with Crippen molar-refractivity contribution >= 4 is 53.1 Å². The first-order valence-corrected chi connectivity index (χ1v) is 21.5. The fraction of sp³-hybridized carbons (Fsp3) is 0.591. The average molecular weight is 880 g/mol. The Morgan fingerprint density at radius 1 is 0.905 bits per heavy atom. The normalized spacial score (nSPS) is 19.3. The molecule has 4 rings (SSSR count). The van der Waals surface area contributed by atoms with Gasteiger partial charge < -0.3 is 41.7 Å². The second-order valence-electron chi connectivity index (χ2n) is 17.7. The third-order valence-corrected chi connectivity index (χ3v) is 12.1. The molecule has 1 saturated heterocycles. The van der Waals surface area contributed by atoms with Gasteiger partial charge in [0.05, 0.1) is 23.2 Å². The number of carboxylic acid groups (broad SMARTS) is 1. The van der Waals surface area contributed by atoms with Crippen LogP contribution >= 0.6 is 0 Å². The Hall–Kier alpha value is -6.14. The summed E-state index contributed by atoms with van der Waals surface area (Å²) in [6, 6.07) is -3.25.